The number of hydrogen-bond donors (Lipinski definition) is 0. The van der Waals surface area contributed by atoms with E-state index in [1.807, 2.05) is 20.8 Å². The van der Waals surface area contributed by atoms with Crippen molar-refractivity contribution in [1.29, 1.82) is 0 Å². The topological polar surface area (TPSA) is 27.7 Å². The third kappa shape index (κ3) is 3.82. The highest BCUT2D eigenvalue weighted by Crippen LogP contribution is 2.43. The van der Waals surface area contributed by atoms with Gasteiger partial charge in [0.05, 0.1) is 5.54 Å². The van der Waals surface area contributed by atoms with Gasteiger partial charge in [0.1, 0.15) is 0 Å². The van der Waals surface area contributed by atoms with Gasteiger partial charge >= 0.3 is 8.80 Å². The third-order valence-electron chi connectivity index (χ3n) is 3.50. The van der Waals surface area contributed by atoms with Gasteiger partial charge < -0.3 is 13.3 Å². The minimum atomic E-state index is -2.69. The van der Waals surface area contributed by atoms with E-state index < -0.39 is 8.80 Å². The van der Waals surface area contributed by atoms with Crippen LogP contribution in [0.4, 0.5) is 0 Å². The zero-order valence-corrected chi connectivity index (χ0v) is 15.1. The number of rotatable bonds is 7. The van der Waals surface area contributed by atoms with E-state index in [4.69, 9.17) is 13.3 Å². The molecule has 0 aromatic heterocycles. The van der Waals surface area contributed by atoms with Gasteiger partial charge in [0.2, 0.25) is 0 Å². The van der Waals surface area contributed by atoms with E-state index in [2.05, 4.69) is 39.8 Å². The van der Waals surface area contributed by atoms with Gasteiger partial charge in [0.15, 0.2) is 0 Å². The Morgan fingerprint density at radius 1 is 1.00 bits per heavy atom. The minimum Gasteiger partial charge on any atom is -0.373 e. The Bertz CT molecular complexity index is 363. The van der Waals surface area contributed by atoms with Crippen LogP contribution < -0.4 is 0 Å². The monoisotopic (exact) mass is 298 g/mol. The molecule has 0 radical (unpaired) electrons. The lowest BCUT2D eigenvalue weighted by Crippen LogP contribution is -2.50. The maximum Gasteiger partial charge on any atom is 0.512 e. The summed E-state index contributed by atoms with van der Waals surface area (Å²) in [4.78, 5) is 0. The largest absolute Gasteiger partial charge is 0.512 e. The zero-order valence-electron chi connectivity index (χ0n) is 14.1. The molecule has 0 fully saturated rings. The van der Waals surface area contributed by atoms with Gasteiger partial charge in [0.25, 0.3) is 0 Å². The van der Waals surface area contributed by atoms with Crippen molar-refractivity contribution in [3.05, 3.63) is 23.3 Å². The molecule has 0 amide bonds. The molecular formula is C16H30O3Si. The summed E-state index contributed by atoms with van der Waals surface area (Å²) >= 11 is 0. The van der Waals surface area contributed by atoms with E-state index in [-0.39, 0.29) is 11.0 Å². The molecule has 0 heterocycles. The maximum absolute atomic E-state index is 6.03. The van der Waals surface area contributed by atoms with Crippen LogP contribution in [0.3, 0.4) is 0 Å². The smallest absolute Gasteiger partial charge is 0.373 e. The Labute approximate surface area is 125 Å². The average molecular weight is 298 g/mol. The fourth-order valence-electron chi connectivity index (χ4n) is 2.54. The molecule has 0 saturated carbocycles. The van der Waals surface area contributed by atoms with Crippen molar-refractivity contribution in [2.75, 3.05) is 19.8 Å². The van der Waals surface area contributed by atoms with E-state index in [9.17, 15) is 0 Å². The highest BCUT2D eigenvalue weighted by molar-refractivity contribution is 6.64. The Kier molecular flexibility index (Phi) is 6.19. The van der Waals surface area contributed by atoms with Crippen LogP contribution in [0.25, 0.3) is 0 Å². The van der Waals surface area contributed by atoms with Gasteiger partial charge in [-0.1, -0.05) is 38.5 Å². The second-order valence-corrected chi connectivity index (χ2v) is 8.84. The van der Waals surface area contributed by atoms with Crippen LogP contribution in [0.2, 0.25) is 5.54 Å². The summed E-state index contributed by atoms with van der Waals surface area (Å²) in [6.07, 6.45) is 4.56. The Balaban J connectivity index is 3.14. The highest BCUT2D eigenvalue weighted by Gasteiger charge is 2.50. The molecule has 3 nitrogen and oxygen atoms in total. The molecule has 4 heteroatoms. The normalized spacial score (nSPS) is 20.1. The first-order chi connectivity index (χ1) is 9.30. The van der Waals surface area contributed by atoms with Crippen molar-refractivity contribution < 1.29 is 13.3 Å². The SMILES string of the molecule is CCO[Si](OCC)(OCC)C1C=C(C(C)(C)C)C=C1C. The van der Waals surface area contributed by atoms with E-state index in [0.29, 0.717) is 19.8 Å². The molecule has 1 rings (SSSR count). The van der Waals surface area contributed by atoms with Crippen molar-refractivity contribution in [2.24, 2.45) is 5.41 Å². The van der Waals surface area contributed by atoms with Gasteiger partial charge in [-0.3, -0.25) is 0 Å². The molecule has 1 aliphatic carbocycles. The quantitative estimate of drug-likeness (QED) is 0.654. The molecule has 0 saturated heterocycles. The van der Waals surface area contributed by atoms with Crippen LogP contribution >= 0.6 is 0 Å². The molecule has 1 unspecified atom stereocenters. The summed E-state index contributed by atoms with van der Waals surface area (Å²) in [7, 11) is -2.69. The third-order valence-corrected chi connectivity index (χ3v) is 6.96. The second kappa shape index (κ2) is 7.03. The average Bonchev–Trinajstić information content (AvgIpc) is 2.72. The number of hydrogen-bond acceptors (Lipinski definition) is 3. The van der Waals surface area contributed by atoms with Crippen molar-refractivity contribution in [1.82, 2.24) is 0 Å². The zero-order chi connectivity index (χ0) is 15.4. The molecule has 20 heavy (non-hydrogen) atoms. The first-order valence-electron chi connectivity index (χ1n) is 7.63. The van der Waals surface area contributed by atoms with Crippen LogP contribution in [-0.4, -0.2) is 28.6 Å². The molecule has 0 aromatic rings. The van der Waals surface area contributed by atoms with Gasteiger partial charge in [-0.2, -0.15) is 0 Å². The molecule has 0 aromatic carbocycles. The fourth-order valence-corrected chi connectivity index (χ4v) is 5.56. The highest BCUT2D eigenvalue weighted by atomic mass is 28.4. The number of allylic oxidation sites excluding steroid dienone is 4. The summed E-state index contributed by atoms with van der Waals surface area (Å²) in [5, 5.41) is 0. The van der Waals surface area contributed by atoms with Crippen molar-refractivity contribution in [3.63, 3.8) is 0 Å². The summed E-state index contributed by atoms with van der Waals surface area (Å²) in [6, 6.07) is 0. The molecular weight excluding hydrogens is 268 g/mol. The Morgan fingerprint density at radius 3 is 1.75 bits per heavy atom. The van der Waals surface area contributed by atoms with E-state index >= 15 is 0 Å². The van der Waals surface area contributed by atoms with E-state index in [1.54, 1.807) is 0 Å². The van der Waals surface area contributed by atoms with Crippen LogP contribution in [0.15, 0.2) is 23.3 Å². The lowest BCUT2D eigenvalue weighted by molar-refractivity contribution is 0.0683. The van der Waals surface area contributed by atoms with Gasteiger partial charge in [-0.05, 0) is 38.7 Å². The van der Waals surface area contributed by atoms with Crippen LogP contribution in [0.5, 0.6) is 0 Å². The summed E-state index contributed by atoms with van der Waals surface area (Å²) in [6.45, 7) is 16.7. The van der Waals surface area contributed by atoms with Gasteiger partial charge in [0, 0.05) is 19.8 Å². The molecule has 0 spiro atoms. The lowest BCUT2D eigenvalue weighted by atomic mass is 9.87. The predicted octanol–water partition coefficient (Wildman–Crippen LogP) is 4.34. The summed E-state index contributed by atoms with van der Waals surface area (Å²) in [5.41, 5.74) is 2.92. The van der Waals surface area contributed by atoms with E-state index in [1.165, 1.54) is 11.1 Å². The molecule has 0 N–H and O–H groups in total. The predicted molar refractivity (Wildman–Crippen MR) is 85.7 cm³/mol. The lowest BCUT2D eigenvalue weighted by Gasteiger charge is -2.33. The second-order valence-electron chi connectivity index (χ2n) is 6.14. The molecule has 0 aliphatic heterocycles. The molecule has 1 aliphatic rings. The van der Waals surface area contributed by atoms with Crippen LogP contribution in [-0.2, 0) is 13.3 Å². The fraction of sp³-hybridized carbons (Fsp3) is 0.750. The molecule has 1 atom stereocenters. The maximum atomic E-state index is 6.03. The Morgan fingerprint density at radius 2 is 1.45 bits per heavy atom. The van der Waals surface area contributed by atoms with E-state index in [0.717, 1.165) is 0 Å². The first kappa shape index (κ1) is 17.6. The van der Waals surface area contributed by atoms with Crippen LogP contribution in [0.1, 0.15) is 48.5 Å². The van der Waals surface area contributed by atoms with Gasteiger partial charge in [-0.25, -0.2) is 0 Å². The standard InChI is InChI=1S/C16H30O3Si/c1-8-17-20(18-9-2,19-10-3)15-12-14(11-13(15)4)16(5,6)7/h11-12,15H,8-10H2,1-7H3. The van der Waals surface area contributed by atoms with Crippen molar-refractivity contribution >= 4 is 8.80 Å². The summed E-state index contributed by atoms with van der Waals surface area (Å²) < 4.78 is 18.1. The van der Waals surface area contributed by atoms with Gasteiger partial charge in [-0.15, -0.1) is 0 Å². The molecule has 116 valence electrons. The van der Waals surface area contributed by atoms with Crippen LogP contribution in [0, 0.1) is 5.41 Å². The summed E-state index contributed by atoms with van der Waals surface area (Å²) in [5.74, 6) is 0. The Hall–Kier alpha value is -0.423. The van der Waals surface area contributed by atoms with Crippen molar-refractivity contribution in [3.8, 4) is 0 Å². The van der Waals surface area contributed by atoms with Crippen molar-refractivity contribution in [2.45, 2.75) is 54.0 Å². The first-order valence-corrected chi connectivity index (χ1v) is 9.43. The molecule has 0 bridgehead atoms. The minimum absolute atomic E-state index is 0.140.